The Hall–Kier alpha value is -3.52. The Balaban J connectivity index is 1.69. The van der Waals surface area contributed by atoms with Crippen molar-refractivity contribution in [1.82, 2.24) is 0 Å². The molecular formula is C48H66O2. The molecule has 270 valence electrons. The predicted molar refractivity (Wildman–Crippen MR) is 215 cm³/mol. The highest BCUT2D eigenvalue weighted by Crippen LogP contribution is 2.45. The highest BCUT2D eigenvalue weighted by Gasteiger charge is 2.25. The second-order valence-corrected chi connectivity index (χ2v) is 15.0. The summed E-state index contributed by atoms with van der Waals surface area (Å²) in [6.45, 7) is 11.1. The standard InChI is InChI=1S/C48H66O2/c1-6-8-10-12-14-16-20-26-39-32-43(36(3)41-28-22-18-23-29-41)47(49)45(34-39)38(5)46-35-40(27-21-17-15-13-11-9-7-2)33-44(48(46)50)37(4)42-30-24-19-25-31-42/h18-19,22-25,28-38,49-50H,6-17,20-21,26-27H2,1-5H3. The van der Waals surface area contributed by atoms with Crippen LogP contribution in [0.25, 0.3) is 0 Å². The minimum Gasteiger partial charge on any atom is -0.507 e. The maximum Gasteiger partial charge on any atom is 0.123 e. The molecule has 4 rings (SSSR count). The van der Waals surface area contributed by atoms with Crippen LogP contribution in [0.4, 0.5) is 0 Å². The van der Waals surface area contributed by atoms with Gasteiger partial charge in [0.05, 0.1) is 0 Å². The van der Waals surface area contributed by atoms with Crippen molar-refractivity contribution < 1.29 is 10.2 Å². The van der Waals surface area contributed by atoms with Crippen molar-refractivity contribution in [2.75, 3.05) is 0 Å². The zero-order chi connectivity index (χ0) is 35.7. The number of aromatic hydroxyl groups is 2. The molecule has 0 spiro atoms. The summed E-state index contributed by atoms with van der Waals surface area (Å²) < 4.78 is 0. The van der Waals surface area contributed by atoms with E-state index in [2.05, 4.69) is 120 Å². The largest absolute Gasteiger partial charge is 0.507 e. The molecule has 0 aliphatic carbocycles. The van der Waals surface area contributed by atoms with E-state index in [1.165, 1.54) is 99.3 Å². The maximum atomic E-state index is 12.1. The molecule has 2 unspecified atom stereocenters. The first-order valence-corrected chi connectivity index (χ1v) is 20.2. The first-order chi connectivity index (χ1) is 24.3. The van der Waals surface area contributed by atoms with E-state index in [0.717, 1.165) is 47.9 Å². The van der Waals surface area contributed by atoms with Crippen molar-refractivity contribution in [2.24, 2.45) is 0 Å². The third kappa shape index (κ3) is 11.2. The molecule has 0 aromatic heterocycles. The molecule has 2 atom stereocenters. The summed E-state index contributed by atoms with van der Waals surface area (Å²) in [6, 6.07) is 30.0. The Morgan fingerprint density at radius 3 is 1.04 bits per heavy atom. The van der Waals surface area contributed by atoms with Crippen LogP contribution >= 0.6 is 0 Å². The maximum absolute atomic E-state index is 12.1. The van der Waals surface area contributed by atoms with E-state index < -0.39 is 0 Å². The van der Waals surface area contributed by atoms with Crippen LogP contribution in [0, 0.1) is 0 Å². The highest BCUT2D eigenvalue weighted by atomic mass is 16.3. The van der Waals surface area contributed by atoms with Crippen LogP contribution in [-0.2, 0) is 12.8 Å². The molecule has 4 aromatic carbocycles. The number of unbranched alkanes of at least 4 members (excludes halogenated alkanes) is 12. The van der Waals surface area contributed by atoms with E-state index in [1.54, 1.807) is 0 Å². The molecule has 0 saturated carbocycles. The second-order valence-electron chi connectivity index (χ2n) is 15.0. The zero-order valence-electron chi connectivity index (χ0n) is 32.0. The first kappa shape index (κ1) is 39.3. The molecular weight excluding hydrogens is 609 g/mol. The molecule has 4 aromatic rings. The van der Waals surface area contributed by atoms with E-state index in [1.807, 2.05) is 0 Å². The quantitative estimate of drug-likeness (QED) is 0.0815. The van der Waals surface area contributed by atoms with Crippen molar-refractivity contribution in [3.8, 4) is 11.5 Å². The minimum atomic E-state index is -0.165. The van der Waals surface area contributed by atoms with Gasteiger partial charge in [0.1, 0.15) is 11.5 Å². The van der Waals surface area contributed by atoms with Crippen LogP contribution in [0.15, 0.2) is 84.9 Å². The average Bonchev–Trinajstić information content (AvgIpc) is 3.15. The van der Waals surface area contributed by atoms with Gasteiger partial charge in [-0.3, -0.25) is 0 Å². The van der Waals surface area contributed by atoms with Gasteiger partial charge in [-0.15, -0.1) is 0 Å². The van der Waals surface area contributed by atoms with Gasteiger partial charge in [-0.05, 0) is 47.9 Å². The lowest BCUT2D eigenvalue weighted by Gasteiger charge is -2.25. The molecule has 0 fully saturated rings. The van der Waals surface area contributed by atoms with E-state index in [0.29, 0.717) is 11.5 Å². The molecule has 2 nitrogen and oxygen atoms in total. The van der Waals surface area contributed by atoms with E-state index in [-0.39, 0.29) is 17.8 Å². The Bertz CT molecular complexity index is 1420. The first-order valence-electron chi connectivity index (χ1n) is 20.2. The number of phenolic OH excluding ortho intramolecular Hbond substituents is 2. The topological polar surface area (TPSA) is 40.5 Å². The Morgan fingerprint density at radius 1 is 0.400 bits per heavy atom. The Labute approximate surface area is 305 Å². The molecule has 0 saturated heterocycles. The summed E-state index contributed by atoms with van der Waals surface area (Å²) in [6.07, 6.45) is 19.9. The molecule has 2 heteroatoms. The van der Waals surface area contributed by atoms with Crippen molar-refractivity contribution in [2.45, 2.75) is 155 Å². The summed E-state index contributed by atoms with van der Waals surface area (Å²) in [7, 11) is 0. The molecule has 50 heavy (non-hydrogen) atoms. The van der Waals surface area contributed by atoms with Gasteiger partial charge in [-0.2, -0.15) is 0 Å². The molecule has 0 heterocycles. The van der Waals surface area contributed by atoms with Crippen LogP contribution in [0.5, 0.6) is 11.5 Å². The van der Waals surface area contributed by atoms with Gasteiger partial charge in [0, 0.05) is 40.0 Å². The fourth-order valence-corrected chi connectivity index (χ4v) is 7.68. The van der Waals surface area contributed by atoms with Crippen molar-refractivity contribution in [3.63, 3.8) is 0 Å². The van der Waals surface area contributed by atoms with Crippen LogP contribution in [0.3, 0.4) is 0 Å². The second kappa shape index (κ2) is 21.0. The van der Waals surface area contributed by atoms with Gasteiger partial charge in [-0.25, -0.2) is 0 Å². The Morgan fingerprint density at radius 2 is 0.700 bits per heavy atom. The van der Waals surface area contributed by atoms with Gasteiger partial charge in [0.15, 0.2) is 0 Å². The van der Waals surface area contributed by atoms with Crippen LogP contribution < -0.4 is 0 Å². The minimum absolute atomic E-state index is 0.0575. The summed E-state index contributed by atoms with van der Waals surface area (Å²) in [5.74, 6) is 0.684. The SMILES string of the molecule is CCCCCCCCCc1cc(C(C)c2ccccc2)c(O)c(C(C)c2cc(CCCCCCCCC)cc(C(C)c3ccccc3)c2O)c1. The number of hydrogen-bond donors (Lipinski definition) is 2. The Kier molecular flexibility index (Phi) is 16.5. The fraction of sp³-hybridized carbons (Fsp3) is 0.500. The molecule has 0 aliphatic rings. The number of aryl methyl sites for hydroxylation is 2. The highest BCUT2D eigenvalue weighted by molar-refractivity contribution is 5.57. The van der Waals surface area contributed by atoms with Gasteiger partial charge < -0.3 is 10.2 Å². The lowest BCUT2D eigenvalue weighted by molar-refractivity contribution is 0.447. The van der Waals surface area contributed by atoms with Crippen LogP contribution in [0.1, 0.15) is 187 Å². The summed E-state index contributed by atoms with van der Waals surface area (Å²) >= 11 is 0. The number of benzene rings is 4. The van der Waals surface area contributed by atoms with E-state index in [4.69, 9.17) is 0 Å². The average molecular weight is 675 g/mol. The van der Waals surface area contributed by atoms with Crippen molar-refractivity contribution in [3.05, 3.63) is 129 Å². The van der Waals surface area contributed by atoms with E-state index in [9.17, 15) is 10.2 Å². The zero-order valence-corrected chi connectivity index (χ0v) is 32.0. The molecule has 2 N–H and O–H groups in total. The monoisotopic (exact) mass is 675 g/mol. The van der Waals surface area contributed by atoms with Gasteiger partial charge in [0.2, 0.25) is 0 Å². The smallest absolute Gasteiger partial charge is 0.123 e. The third-order valence-corrected chi connectivity index (χ3v) is 11.1. The predicted octanol–water partition coefficient (Wildman–Crippen LogP) is 14.1. The van der Waals surface area contributed by atoms with E-state index >= 15 is 0 Å². The molecule has 0 bridgehead atoms. The van der Waals surface area contributed by atoms with Gasteiger partial charge in [-0.1, -0.05) is 197 Å². The summed E-state index contributed by atoms with van der Waals surface area (Å²) in [4.78, 5) is 0. The third-order valence-electron chi connectivity index (χ3n) is 11.1. The normalized spacial score (nSPS) is 13.3. The molecule has 0 amide bonds. The molecule has 0 radical (unpaired) electrons. The van der Waals surface area contributed by atoms with Crippen LogP contribution in [-0.4, -0.2) is 10.2 Å². The van der Waals surface area contributed by atoms with Crippen molar-refractivity contribution in [1.29, 1.82) is 0 Å². The fourth-order valence-electron chi connectivity index (χ4n) is 7.68. The van der Waals surface area contributed by atoms with Gasteiger partial charge in [0.25, 0.3) is 0 Å². The molecule has 0 aliphatic heterocycles. The number of phenols is 2. The van der Waals surface area contributed by atoms with Gasteiger partial charge >= 0.3 is 0 Å². The number of rotatable bonds is 22. The van der Waals surface area contributed by atoms with Crippen LogP contribution in [0.2, 0.25) is 0 Å². The lowest BCUT2D eigenvalue weighted by Crippen LogP contribution is -2.07. The summed E-state index contributed by atoms with van der Waals surface area (Å²) in [5, 5.41) is 24.1. The van der Waals surface area contributed by atoms with Crippen molar-refractivity contribution >= 4 is 0 Å². The summed E-state index contributed by atoms with van der Waals surface area (Å²) in [5.41, 5.74) is 8.78. The lowest BCUT2D eigenvalue weighted by atomic mass is 9.81. The number of hydrogen-bond acceptors (Lipinski definition) is 2.